The average Bonchev–Trinajstić information content (AvgIpc) is 2.38. The van der Waals surface area contributed by atoms with Crippen LogP contribution in [0.2, 0.25) is 0 Å². The summed E-state index contributed by atoms with van der Waals surface area (Å²) < 4.78 is 5.03. The van der Waals surface area contributed by atoms with Crippen LogP contribution in [0.3, 0.4) is 0 Å². The Morgan fingerprint density at radius 2 is 2.18 bits per heavy atom. The minimum Gasteiger partial charge on any atom is -0.409 e. The molecule has 1 atom stereocenters. The van der Waals surface area contributed by atoms with Crippen molar-refractivity contribution >= 4 is 17.6 Å². The highest BCUT2D eigenvalue weighted by Gasteiger charge is 2.13. The summed E-state index contributed by atoms with van der Waals surface area (Å²) in [5.41, 5.74) is 6.75. The molecule has 0 saturated heterocycles. The third kappa shape index (κ3) is 5.10. The summed E-state index contributed by atoms with van der Waals surface area (Å²) in [6.45, 7) is 0.699. The highest BCUT2D eigenvalue weighted by molar-refractivity contribution is 7.99. The largest absolute Gasteiger partial charge is 0.409 e. The van der Waals surface area contributed by atoms with E-state index in [1.54, 1.807) is 18.9 Å². The summed E-state index contributed by atoms with van der Waals surface area (Å²) in [5.74, 6) is 1.14. The fourth-order valence-corrected chi connectivity index (χ4v) is 2.63. The molecule has 0 amide bonds. The molecule has 1 rings (SSSR count). The van der Waals surface area contributed by atoms with Gasteiger partial charge in [-0.05, 0) is 5.56 Å². The lowest BCUT2D eigenvalue weighted by molar-refractivity contribution is 0.218. The summed E-state index contributed by atoms with van der Waals surface area (Å²) in [4.78, 5) is 0. The van der Waals surface area contributed by atoms with E-state index in [1.807, 2.05) is 18.2 Å². The number of hydrogen-bond acceptors (Lipinski definition) is 4. The maximum Gasteiger partial charge on any atom is 0.140 e. The molecule has 0 saturated carbocycles. The molecule has 0 aliphatic rings. The van der Waals surface area contributed by atoms with Crippen LogP contribution in [0.15, 0.2) is 35.5 Å². The zero-order valence-electron chi connectivity index (χ0n) is 9.87. The van der Waals surface area contributed by atoms with Gasteiger partial charge in [-0.15, -0.1) is 0 Å². The molecule has 4 nitrogen and oxygen atoms in total. The van der Waals surface area contributed by atoms with E-state index in [-0.39, 0.29) is 11.1 Å². The summed E-state index contributed by atoms with van der Waals surface area (Å²) in [7, 11) is 1.68. The maximum absolute atomic E-state index is 8.63. The summed E-state index contributed by atoms with van der Waals surface area (Å²) in [5, 5.41) is 11.9. The Labute approximate surface area is 106 Å². The fraction of sp³-hybridized carbons (Fsp3) is 0.417. The minimum absolute atomic E-state index is 0.197. The number of amidine groups is 1. The Morgan fingerprint density at radius 1 is 1.47 bits per heavy atom. The zero-order chi connectivity index (χ0) is 12.5. The van der Waals surface area contributed by atoms with Crippen molar-refractivity contribution in [1.29, 1.82) is 0 Å². The number of nitrogens with zero attached hydrogens (tertiary/aromatic N) is 1. The first-order valence-corrected chi connectivity index (χ1v) is 6.44. The predicted octanol–water partition coefficient (Wildman–Crippen LogP) is 2.24. The van der Waals surface area contributed by atoms with E-state index in [4.69, 9.17) is 15.7 Å². The highest BCUT2D eigenvalue weighted by atomic mass is 32.2. The van der Waals surface area contributed by atoms with E-state index >= 15 is 0 Å². The van der Waals surface area contributed by atoms with Gasteiger partial charge in [-0.1, -0.05) is 35.5 Å². The van der Waals surface area contributed by atoms with Crippen LogP contribution in [-0.4, -0.2) is 30.5 Å². The number of benzene rings is 1. The van der Waals surface area contributed by atoms with Gasteiger partial charge in [0.2, 0.25) is 0 Å². The quantitative estimate of drug-likeness (QED) is 0.257. The molecule has 5 heteroatoms. The second-order valence-electron chi connectivity index (χ2n) is 3.56. The second-order valence-corrected chi connectivity index (χ2v) is 4.87. The van der Waals surface area contributed by atoms with Crippen molar-refractivity contribution in [1.82, 2.24) is 0 Å². The second kappa shape index (κ2) is 7.97. The van der Waals surface area contributed by atoms with E-state index in [0.29, 0.717) is 13.0 Å². The SMILES string of the molecule is COCCSC(CC(N)=NO)c1ccccc1. The number of methoxy groups -OCH3 is 1. The van der Waals surface area contributed by atoms with Gasteiger partial charge in [0.05, 0.1) is 6.61 Å². The molecule has 0 radical (unpaired) electrons. The molecule has 1 aromatic carbocycles. The standard InChI is InChI=1S/C12H18N2O2S/c1-16-7-8-17-11(9-12(13)14-15)10-5-3-2-4-6-10/h2-6,11,15H,7-9H2,1H3,(H2,13,14). The molecule has 0 fully saturated rings. The number of thioether (sulfide) groups is 1. The lowest BCUT2D eigenvalue weighted by Crippen LogP contribution is -2.15. The van der Waals surface area contributed by atoms with Crippen molar-refractivity contribution in [3.05, 3.63) is 35.9 Å². The van der Waals surface area contributed by atoms with Gasteiger partial charge in [-0.3, -0.25) is 0 Å². The Kier molecular flexibility index (Phi) is 6.50. The van der Waals surface area contributed by atoms with Crippen LogP contribution in [0.4, 0.5) is 0 Å². The van der Waals surface area contributed by atoms with Gasteiger partial charge >= 0.3 is 0 Å². The highest BCUT2D eigenvalue weighted by Crippen LogP contribution is 2.31. The molecule has 17 heavy (non-hydrogen) atoms. The van der Waals surface area contributed by atoms with E-state index < -0.39 is 0 Å². The van der Waals surface area contributed by atoms with E-state index in [2.05, 4.69) is 17.3 Å². The van der Waals surface area contributed by atoms with E-state index in [0.717, 1.165) is 5.75 Å². The Hall–Kier alpha value is -1.20. The van der Waals surface area contributed by atoms with E-state index in [1.165, 1.54) is 5.56 Å². The lowest BCUT2D eigenvalue weighted by Gasteiger charge is -2.16. The molecule has 94 valence electrons. The van der Waals surface area contributed by atoms with Crippen molar-refractivity contribution in [2.75, 3.05) is 19.5 Å². The Bertz CT molecular complexity index is 344. The van der Waals surface area contributed by atoms with E-state index in [9.17, 15) is 0 Å². The first-order chi connectivity index (χ1) is 8.27. The van der Waals surface area contributed by atoms with Crippen LogP contribution < -0.4 is 5.73 Å². The number of nitrogens with two attached hydrogens (primary N) is 1. The summed E-state index contributed by atoms with van der Waals surface area (Å²) in [6.07, 6.45) is 0.537. The average molecular weight is 254 g/mol. The Morgan fingerprint density at radius 3 is 2.76 bits per heavy atom. The van der Waals surface area contributed by atoms with Crippen LogP contribution in [0.25, 0.3) is 0 Å². The zero-order valence-corrected chi connectivity index (χ0v) is 10.7. The normalized spacial score (nSPS) is 13.6. The maximum atomic E-state index is 8.63. The van der Waals surface area contributed by atoms with Gasteiger partial charge in [0.25, 0.3) is 0 Å². The molecule has 0 aliphatic heterocycles. The number of oxime groups is 1. The molecule has 0 heterocycles. The van der Waals surface area contributed by atoms with Gasteiger partial charge in [0.1, 0.15) is 5.84 Å². The molecule has 3 N–H and O–H groups in total. The predicted molar refractivity (Wildman–Crippen MR) is 71.5 cm³/mol. The fourth-order valence-electron chi connectivity index (χ4n) is 1.45. The van der Waals surface area contributed by atoms with Crippen LogP contribution >= 0.6 is 11.8 Å². The third-order valence-electron chi connectivity index (χ3n) is 2.30. The van der Waals surface area contributed by atoms with Gasteiger partial charge in [-0.2, -0.15) is 11.8 Å². The smallest absolute Gasteiger partial charge is 0.140 e. The van der Waals surface area contributed by atoms with Gasteiger partial charge in [-0.25, -0.2) is 0 Å². The monoisotopic (exact) mass is 254 g/mol. The molecule has 0 aliphatic carbocycles. The molecule has 0 spiro atoms. The van der Waals surface area contributed by atoms with Gasteiger partial charge < -0.3 is 15.7 Å². The molecule has 1 aromatic rings. The summed E-state index contributed by atoms with van der Waals surface area (Å²) >= 11 is 1.75. The third-order valence-corrected chi connectivity index (χ3v) is 3.54. The molecule has 0 aromatic heterocycles. The number of ether oxygens (including phenoxy) is 1. The van der Waals surface area contributed by atoms with Crippen molar-refractivity contribution < 1.29 is 9.94 Å². The molecule has 0 bridgehead atoms. The molecule has 1 unspecified atom stereocenters. The van der Waals surface area contributed by atoms with Crippen molar-refractivity contribution in [2.24, 2.45) is 10.9 Å². The van der Waals surface area contributed by atoms with Crippen LogP contribution in [0, 0.1) is 0 Å². The van der Waals surface area contributed by atoms with Crippen molar-refractivity contribution in [3.8, 4) is 0 Å². The topological polar surface area (TPSA) is 67.8 Å². The van der Waals surface area contributed by atoms with Gasteiger partial charge in [0, 0.05) is 24.5 Å². The minimum atomic E-state index is 0.197. The van der Waals surface area contributed by atoms with Crippen molar-refractivity contribution in [2.45, 2.75) is 11.7 Å². The first kappa shape index (κ1) is 13.9. The molecular formula is C12H18N2O2S. The Balaban J connectivity index is 2.65. The first-order valence-electron chi connectivity index (χ1n) is 5.39. The molecular weight excluding hydrogens is 236 g/mol. The summed E-state index contributed by atoms with van der Waals surface area (Å²) in [6, 6.07) is 10.1. The number of hydrogen-bond donors (Lipinski definition) is 2. The lowest BCUT2D eigenvalue weighted by atomic mass is 10.1. The van der Waals surface area contributed by atoms with Crippen LogP contribution in [0.1, 0.15) is 17.2 Å². The van der Waals surface area contributed by atoms with Gasteiger partial charge in [0.15, 0.2) is 0 Å². The van der Waals surface area contributed by atoms with Crippen molar-refractivity contribution in [3.63, 3.8) is 0 Å². The van der Waals surface area contributed by atoms with Crippen LogP contribution in [0.5, 0.6) is 0 Å². The van der Waals surface area contributed by atoms with Crippen LogP contribution in [-0.2, 0) is 4.74 Å². The number of rotatable bonds is 7.